The van der Waals surface area contributed by atoms with Crippen LogP contribution in [-0.4, -0.2) is 5.91 Å². The Balaban J connectivity index is 1.66. The zero-order chi connectivity index (χ0) is 13.9. The SMILES string of the molecule is O=C(Nc1ccc(Nc2ccccc2Br)cc1)C1CC1. The summed E-state index contributed by atoms with van der Waals surface area (Å²) in [5.74, 6) is 0.365. The highest BCUT2D eigenvalue weighted by atomic mass is 79.9. The van der Waals surface area contributed by atoms with Crippen LogP contribution in [0.4, 0.5) is 17.1 Å². The third-order valence-corrected chi connectivity index (χ3v) is 3.94. The van der Waals surface area contributed by atoms with Gasteiger partial charge in [0.15, 0.2) is 0 Å². The second-order valence-electron chi connectivity index (χ2n) is 4.95. The lowest BCUT2D eigenvalue weighted by molar-refractivity contribution is -0.117. The lowest BCUT2D eigenvalue weighted by atomic mass is 10.2. The number of rotatable bonds is 4. The summed E-state index contributed by atoms with van der Waals surface area (Å²) in [6.07, 6.45) is 2.04. The van der Waals surface area contributed by atoms with Crippen molar-refractivity contribution in [1.82, 2.24) is 0 Å². The number of nitrogens with one attached hydrogen (secondary N) is 2. The zero-order valence-corrected chi connectivity index (χ0v) is 12.5. The molecule has 20 heavy (non-hydrogen) atoms. The minimum absolute atomic E-state index is 0.136. The van der Waals surface area contributed by atoms with Crippen molar-refractivity contribution >= 4 is 38.9 Å². The summed E-state index contributed by atoms with van der Waals surface area (Å²) in [7, 11) is 0. The minimum Gasteiger partial charge on any atom is -0.355 e. The first-order valence-electron chi connectivity index (χ1n) is 6.65. The predicted octanol–water partition coefficient (Wildman–Crippen LogP) is 4.54. The molecular weight excluding hydrogens is 316 g/mol. The highest BCUT2D eigenvalue weighted by Crippen LogP contribution is 2.30. The molecule has 2 aromatic carbocycles. The van der Waals surface area contributed by atoms with Crippen LogP contribution in [0, 0.1) is 5.92 Å². The monoisotopic (exact) mass is 330 g/mol. The molecule has 0 unspecified atom stereocenters. The Labute approximate surface area is 126 Å². The first kappa shape index (κ1) is 13.2. The van der Waals surface area contributed by atoms with Crippen molar-refractivity contribution in [3.8, 4) is 0 Å². The maximum Gasteiger partial charge on any atom is 0.227 e. The summed E-state index contributed by atoms with van der Waals surface area (Å²) >= 11 is 3.50. The number of hydrogen-bond donors (Lipinski definition) is 2. The van der Waals surface area contributed by atoms with Crippen LogP contribution >= 0.6 is 15.9 Å². The molecule has 1 amide bonds. The summed E-state index contributed by atoms with van der Waals surface area (Å²) < 4.78 is 1.02. The van der Waals surface area contributed by atoms with Gasteiger partial charge in [-0.05, 0) is 65.2 Å². The van der Waals surface area contributed by atoms with E-state index in [1.807, 2.05) is 48.5 Å². The van der Waals surface area contributed by atoms with Gasteiger partial charge in [0.2, 0.25) is 5.91 Å². The normalized spacial score (nSPS) is 13.8. The quantitative estimate of drug-likeness (QED) is 0.863. The Kier molecular flexibility index (Phi) is 3.74. The van der Waals surface area contributed by atoms with Crippen molar-refractivity contribution < 1.29 is 4.79 Å². The van der Waals surface area contributed by atoms with Gasteiger partial charge in [-0.25, -0.2) is 0 Å². The van der Waals surface area contributed by atoms with Crippen molar-refractivity contribution in [2.24, 2.45) is 5.92 Å². The van der Waals surface area contributed by atoms with E-state index >= 15 is 0 Å². The van der Waals surface area contributed by atoms with Gasteiger partial charge >= 0.3 is 0 Å². The molecule has 1 fully saturated rings. The van der Waals surface area contributed by atoms with Gasteiger partial charge in [-0.2, -0.15) is 0 Å². The molecule has 3 rings (SSSR count). The fourth-order valence-electron chi connectivity index (χ4n) is 1.94. The molecule has 0 saturated heterocycles. The number of para-hydroxylation sites is 1. The molecule has 1 aliphatic rings. The summed E-state index contributed by atoms with van der Waals surface area (Å²) in [5.41, 5.74) is 2.85. The molecule has 1 saturated carbocycles. The van der Waals surface area contributed by atoms with Gasteiger partial charge in [0.25, 0.3) is 0 Å². The third-order valence-electron chi connectivity index (χ3n) is 3.25. The van der Waals surface area contributed by atoms with E-state index in [1.165, 1.54) is 0 Å². The zero-order valence-electron chi connectivity index (χ0n) is 10.9. The van der Waals surface area contributed by atoms with E-state index in [0.29, 0.717) is 0 Å². The highest BCUT2D eigenvalue weighted by Gasteiger charge is 2.29. The molecule has 0 spiro atoms. The molecule has 0 heterocycles. The Morgan fingerprint density at radius 2 is 1.65 bits per heavy atom. The number of carbonyl (C=O) groups excluding carboxylic acids is 1. The van der Waals surface area contributed by atoms with Crippen LogP contribution < -0.4 is 10.6 Å². The largest absolute Gasteiger partial charge is 0.355 e. The van der Waals surface area contributed by atoms with Gasteiger partial charge in [-0.15, -0.1) is 0 Å². The minimum atomic E-state index is 0.136. The van der Waals surface area contributed by atoms with Crippen molar-refractivity contribution in [2.75, 3.05) is 10.6 Å². The maximum absolute atomic E-state index is 11.7. The van der Waals surface area contributed by atoms with Crippen LogP contribution in [0.5, 0.6) is 0 Å². The van der Waals surface area contributed by atoms with Crippen molar-refractivity contribution in [3.05, 3.63) is 53.0 Å². The first-order chi connectivity index (χ1) is 9.72. The van der Waals surface area contributed by atoms with Crippen LogP contribution in [0.15, 0.2) is 53.0 Å². The molecule has 0 aliphatic heterocycles. The van der Waals surface area contributed by atoms with Gasteiger partial charge in [-0.1, -0.05) is 12.1 Å². The number of anilines is 3. The van der Waals surface area contributed by atoms with E-state index in [4.69, 9.17) is 0 Å². The smallest absolute Gasteiger partial charge is 0.227 e. The number of amides is 1. The molecule has 3 nitrogen and oxygen atoms in total. The van der Waals surface area contributed by atoms with Crippen molar-refractivity contribution in [3.63, 3.8) is 0 Å². The van der Waals surface area contributed by atoms with Gasteiger partial charge in [0, 0.05) is 21.8 Å². The van der Waals surface area contributed by atoms with Crippen LogP contribution in [0.3, 0.4) is 0 Å². The first-order valence-corrected chi connectivity index (χ1v) is 7.44. The van der Waals surface area contributed by atoms with Gasteiger partial charge in [-0.3, -0.25) is 4.79 Å². The van der Waals surface area contributed by atoms with Crippen LogP contribution in [0.25, 0.3) is 0 Å². The van der Waals surface area contributed by atoms with E-state index in [-0.39, 0.29) is 11.8 Å². The van der Waals surface area contributed by atoms with E-state index in [1.54, 1.807) is 0 Å². The molecular formula is C16H15BrN2O. The van der Waals surface area contributed by atoms with E-state index in [2.05, 4.69) is 26.6 Å². The summed E-state index contributed by atoms with van der Waals surface area (Å²) in [5, 5.41) is 6.26. The molecule has 4 heteroatoms. The van der Waals surface area contributed by atoms with Crippen LogP contribution in [-0.2, 0) is 4.79 Å². The van der Waals surface area contributed by atoms with Gasteiger partial charge in [0.1, 0.15) is 0 Å². The Morgan fingerprint density at radius 3 is 2.30 bits per heavy atom. The maximum atomic E-state index is 11.7. The number of carbonyl (C=O) groups is 1. The average molecular weight is 331 g/mol. The van der Waals surface area contributed by atoms with Crippen molar-refractivity contribution in [2.45, 2.75) is 12.8 Å². The predicted molar refractivity (Wildman–Crippen MR) is 85.2 cm³/mol. The molecule has 0 radical (unpaired) electrons. The van der Waals surface area contributed by atoms with Crippen LogP contribution in [0.2, 0.25) is 0 Å². The topological polar surface area (TPSA) is 41.1 Å². The van der Waals surface area contributed by atoms with E-state index in [0.717, 1.165) is 34.4 Å². The van der Waals surface area contributed by atoms with Crippen LogP contribution in [0.1, 0.15) is 12.8 Å². The van der Waals surface area contributed by atoms with E-state index in [9.17, 15) is 4.79 Å². The van der Waals surface area contributed by atoms with E-state index < -0.39 is 0 Å². The second-order valence-corrected chi connectivity index (χ2v) is 5.80. The molecule has 2 aromatic rings. The molecule has 1 aliphatic carbocycles. The van der Waals surface area contributed by atoms with Crippen molar-refractivity contribution in [1.29, 1.82) is 0 Å². The lowest BCUT2D eigenvalue weighted by Gasteiger charge is -2.09. The molecule has 0 atom stereocenters. The number of hydrogen-bond acceptors (Lipinski definition) is 2. The average Bonchev–Trinajstić information content (AvgIpc) is 3.28. The summed E-state index contributed by atoms with van der Waals surface area (Å²) in [4.78, 5) is 11.7. The standard InChI is InChI=1S/C16H15BrN2O/c17-14-3-1-2-4-15(14)18-12-7-9-13(10-8-12)19-16(20)11-5-6-11/h1-4,7-11,18H,5-6H2,(H,19,20). The second kappa shape index (κ2) is 5.67. The number of halogens is 1. The fourth-order valence-corrected chi connectivity index (χ4v) is 2.33. The Hall–Kier alpha value is -1.81. The van der Waals surface area contributed by atoms with Gasteiger partial charge in [0.05, 0.1) is 5.69 Å². The third kappa shape index (κ3) is 3.20. The molecule has 0 aromatic heterocycles. The highest BCUT2D eigenvalue weighted by molar-refractivity contribution is 9.10. The molecule has 0 bridgehead atoms. The lowest BCUT2D eigenvalue weighted by Crippen LogP contribution is -2.13. The Bertz CT molecular complexity index is 621. The van der Waals surface area contributed by atoms with Gasteiger partial charge < -0.3 is 10.6 Å². The number of benzene rings is 2. The molecule has 2 N–H and O–H groups in total. The molecule has 102 valence electrons. The summed E-state index contributed by atoms with van der Waals surface area (Å²) in [6, 6.07) is 15.7. The Morgan fingerprint density at radius 1 is 1.00 bits per heavy atom. The fraction of sp³-hybridized carbons (Fsp3) is 0.188. The summed E-state index contributed by atoms with van der Waals surface area (Å²) in [6.45, 7) is 0.